The molecule has 0 aliphatic carbocycles. The third-order valence-electron chi connectivity index (χ3n) is 4.02. The molecule has 0 aliphatic rings. The fraction of sp³-hybridized carbons (Fsp3) is 0.500. The number of aromatic nitrogens is 2. The first-order chi connectivity index (χ1) is 9.81. The van der Waals surface area contributed by atoms with Gasteiger partial charge in [0.2, 0.25) is 0 Å². The Kier molecular flexibility index (Phi) is 5.85. The van der Waals surface area contributed by atoms with E-state index in [-0.39, 0.29) is 0 Å². The van der Waals surface area contributed by atoms with Gasteiger partial charge in [0.15, 0.2) is 0 Å². The number of nitrogens with zero attached hydrogens (tertiary/aromatic N) is 2. The summed E-state index contributed by atoms with van der Waals surface area (Å²) in [6.45, 7) is 5.53. The van der Waals surface area contributed by atoms with Crippen LogP contribution in [0.5, 0.6) is 0 Å². The molecular formula is C18H26N2. The highest BCUT2D eigenvalue weighted by Crippen LogP contribution is 2.27. The minimum atomic E-state index is 0.599. The Hall–Kier alpha value is -1.57. The van der Waals surface area contributed by atoms with Gasteiger partial charge in [0.05, 0.1) is 6.33 Å². The second-order valence-electron chi connectivity index (χ2n) is 5.66. The molecule has 0 aliphatic heterocycles. The van der Waals surface area contributed by atoms with Crippen LogP contribution in [0.2, 0.25) is 0 Å². The van der Waals surface area contributed by atoms with Gasteiger partial charge >= 0.3 is 0 Å². The molecule has 2 nitrogen and oxygen atoms in total. The maximum atomic E-state index is 4.16. The molecule has 1 heterocycles. The number of benzene rings is 1. The molecule has 0 N–H and O–H groups in total. The number of imidazole rings is 1. The largest absolute Gasteiger partial charge is 0.337 e. The van der Waals surface area contributed by atoms with E-state index >= 15 is 0 Å². The van der Waals surface area contributed by atoms with Crippen molar-refractivity contribution in [1.29, 1.82) is 0 Å². The van der Waals surface area contributed by atoms with Crippen molar-refractivity contribution in [2.45, 2.75) is 58.4 Å². The number of aryl methyl sites for hydroxylation is 1. The Labute approximate surface area is 122 Å². The highest BCUT2D eigenvalue weighted by atomic mass is 15.0. The minimum Gasteiger partial charge on any atom is -0.337 e. The lowest BCUT2D eigenvalue weighted by atomic mass is 9.90. The highest BCUT2D eigenvalue weighted by molar-refractivity contribution is 5.29. The third-order valence-corrected chi connectivity index (χ3v) is 4.02. The summed E-state index contributed by atoms with van der Waals surface area (Å²) in [7, 11) is 0. The molecule has 1 aromatic heterocycles. The first-order valence-electron chi connectivity index (χ1n) is 7.82. The van der Waals surface area contributed by atoms with Crippen molar-refractivity contribution in [3.05, 3.63) is 54.1 Å². The first kappa shape index (κ1) is 14.8. The molecule has 0 fully saturated rings. The van der Waals surface area contributed by atoms with E-state index in [9.17, 15) is 0 Å². The van der Waals surface area contributed by atoms with Gasteiger partial charge in [0, 0.05) is 24.9 Å². The van der Waals surface area contributed by atoms with Crippen LogP contribution in [-0.4, -0.2) is 9.55 Å². The van der Waals surface area contributed by atoms with Gasteiger partial charge in [-0.05, 0) is 24.5 Å². The molecule has 20 heavy (non-hydrogen) atoms. The molecule has 0 saturated carbocycles. The van der Waals surface area contributed by atoms with Crippen LogP contribution >= 0.6 is 0 Å². The molecule has 0 radical (unpaired) electrons. The highest BCUT2D eigenvalue weighted by Gasteiger charge is 2.13. The molecule has 0 bridgehead atoms. The zero-order valence-electron chi connectivity index (χ0n) is 12.8. The van der Waals surface area contributed by atoms with E-state index in [2.05, 4.69) is 53.9 Å². The Morgan fingerprint density at radius 3 is 2.70 bits per heavy atom. The summed E-state index contributed by atoms with van der Waals surface area (Å²) in [5.74, 6) is 0.599. The van der Waals surface area contributed by atoms with E-state index in [1.54, 1.807) is 0 Å². The molecule has 1 atom stereocenters. The van der Waals surface area contributed by atoms with Gasteiger partial charge in [-0.25, -0.2) is 4.98 Å². The van der Waals surface area contributed by atoms with Crippen LogP contribution in [0, 0.1) is 6.92 Å². The minimum absolute atomic E-state index is 0.599. The smallest absolute Gasteiger partial charge is 0.0946 e. The van der Waals surface area contributed by atoms with Crippen LogP contribution < -0.4 is 0 Å². The van der Waals surface area contributed by atoms with Gasteiger partial charge in [0.1, 0.15) is 0 Å². The normalized spacial score (nSPS) is 12.5. The monoisotopic (exact) mass is 270 g/mol. The van der Waals surface area contributed by atoms with Crippen molar-refractivity contribution >= 4 is 0 Å². The number of hydrogen-bond donors (Lipinski definition) is 0. The zero-order chi connectivity index (χ0) is 14.2. The van der Waals surface area contributed by atoms with Gasteiger partial charge < -0.3 is 4.57 Å². The molecule has 2 rings (SSSR count). The predicted molar refractivity (Wildman–Crippen MR) is 84.9 cm³/mol. The standard InChI is InChI=1S/C18H26N2/c1-3-4-5-6-10-17(14-20-13-12-19-15-20)18-11-8-7-9-16(18)2/h7-9,11-13,15,17H,3-6,10,14H2,1-2H3. The molecule has 108 valence electrons. The molecule has 1 aromatic carbocycles. The summed E-state index contributed by atoms with van der Waals surface area (Å²) in [6.07, 6.45) is 12.5. The molecule has 2 heteroatoms. The summed E-state index contributed by atoms with van der Waals surface area (Å²) in [5, 5.41) is 0. The Bertz CT molecular complexity index is 488. The lowest BCUT2D eigenvalue weighted by molar-refractivity contribution is 0.490. The van der Waals surface area contributed by atoms with Crippen LogP contribution in [-0.2, 0) is 6.54 Å². The van der Waals surface area contributed by atoms with Crippen molar-refractivity contribution in [1.82, 2.24) is 9.55 Å². The van der Waals surface area contributed by atoms with Crippen LogP contribution in [0.4, 0.5) is 0 Å². The van der Waals surface area contributed by atoms with Crippen LogP contribution in [0.15, 0.2) is 43.0 Å². The second kappa shape index (κ2) is 7.88. The van der Waals surface area contributed by atoms with Gasteiger partial charge in [-0.15, -0.1) is 0 Å². The van der Waals surface area contributed by atoms with Crippen molar-refractivity contribution in [3.63, 3.8) is 0 Å². The molecule has 0 amide bonds. The number of rotatable bonds is 8. The SMILES string of the molecule is CCCCCCC(Cn1ccnc1)c1ccccc1C. The zero-order valence-corrected chi connectivity index (χ0v) is 12.8. The second-order valence-corrected chi connectivity index (χ2v) is 5.66. The quantitative estimate of drug-likeness (QED) is 0.621. The summed E-state index contributed by atoms with van der Waals surface area (Å²) in [4.78, 5) is 4.16. The average molecular weight is 270 g/mol. The molecule has 2 aromatic rings. The lowest BCUT2D eigenvalue weighted by Gasteiger charge is -2.20. The third kappa shape index (κ3) is 4.22. The van der Waals surface area contributed by atoms with Crippen molar-refractivity contribution in [3.8, 4) is 0 Å². The number of hydrogen-bond acceptors (Lipinski definition) is 1. The Morgan fingerprint density at radius 2 is 2.00 bits per heavy atom. The van der Waals surface area contributed by atoms with Gasteiger partial charge in [-0.3, -0.25) is 0 Å². The Morgan fingerprint density at radius 1 is 1.15 bits per heavy atom. The molecule has 0 spiro atoms. The van der Waals surface area contributed by atoms with Crippen LogP contribution in [0.25, 0.3) is 0 Å². The van der Waals surface area contributed by atoms with Crippen molar-refractivity contribution in [2.24, 2.45) is 0 Å². The summed E-state index contributed by atoms with van der Waals surface area (Å²) >= 11 is 0. The van der Waals surface area contributed by atoms with Gasteiger partial charge in [-0.2, -0.15) is 0 Å². The Balaban J connectivity index is 2.05. The number of unbranched alkanes of at least 4 members (excludes halogenated alkanes) is 3. The predicted octanol–water partition coefficient (Wildman–Crippen LogP) is 4.95. The van der Waals surface area contributed by atoms with E-state index in [0.29, 0.717) is 5.92 Å². The fourth-order valence-corrected chi connectivity index (χ4v) is 2.86. The van der Waals surface area contributed by atoms with E-state index < -0.39 is 0 Å². The van der Waals surface area contributed by atoms with Crippen LogP contribution in [0.1, 0.15) is 56.1 Å². The van der Waals surface area contributed by atoms with Crippen molar-refractivity contribution in [2.75, 3.05) is 0 Å². The van der Waals surface area contributed by atoms with E-state index in [4.69, 9.17) is 0 Å². The molecule has 1 unspecified atom stereocenters. The maximum absolute atomic E-state index is 4.16. The van der Waals surface area contributed by atoms with Crippen LogP contribution in [0.3, 0.4) is 0 Å². The molecule has 0 saturated heterocycles. The summed E-state index contributed by atoms with van der Waals surface area (Å²) in [6, 6.07) is 8.80. The van der Waals surface area contributed by atoms with E-state index in [1.807, 2.05) is 12.5 Å². The molecular weight excluding hydrogens is 244 g/mol. The maximum Gasteiger partial charge on any atom is 0.0946 e. The van der Waals surface area contributed by atoms with E-state index in [1.165, 1.54) is 43.2 Å². The summed E-state index contributed by atoms with van der Waals surface area (Å²) in [5.41, 5.74) is 2.91. The topological polar surface area (TPSA) is 17.8 Å². The van der Waals surface area contributed by atoms with Gasteiger partial charge in [0.25, 0.3) is 0 Å². The lowest BCUT2D eigenvalue weighted by Crippen LogP contribution is -2.09. The van der Waals surface area contributed by atoms with Gasteiger partial charge in [-0.1, -0.05) is 56.9 Å². The summed E-state index contributed by atoms with van der Waals surface area (Å²) < 4.78 is 2.21. The fourth-order valence-electron chi connectivity index (χ4n) is 2.86. The average Bonchev–Trinajstić information content (AvgIpc) is 2.96. The van der Waals surface area contributed by atoms with E-state index in [0.717, 1.165) is 6.54 Å². The van der Waals surface area contributed by atoms with Crippen molar-refractivity contribution < 1.29 is 0 Å². The first-order valence-corrected chi connectivity index (χ1v) is 7.82.